The van der Waals surface area contributed by atoms with Gasteiger partial charge in [0.05, 0.1) is 10.0 Å². The van der Waals surface area contributed by atoms with Crippen LogP contribution in [0.5, 0.6) is 17.2 Å². The molecular formula is C19H19Cl2NO5. The largest absolute Gasteiger partial charge is 0.491 e. The number of aliphatic hydroxyl groups is 1. The van der Waals surface area contributed by atoms with Gasteiger partial charge in [-0.2, -0.15) is 0 Å². The summed E-state index contributed by atoms with van der Waals surface area (Å²) in [4.78, 5) is 11.9. The van der Waals surface area contributed by atoms with Crippen molar-refractivity contribution in [2.75, 3.05) is 19.9 Å². The summed E-state index contributed by atoms with van der Waals surface area (Å²) in [6.45, 7) is 0.320. The predicted octanol–water partition coefficient (Wildman–Crippen LogP) is 3.21. The van der Waals surface area contributed by atoms with Gasteiger partial charge < -0.3 is 24.6 Å². The Labute approximate surface area is 166 Å². The minimum Gasteiger partial charge on any atom is -0.491 e. The molecule has 2 aromatic carbocycles. The van der Waals surface area contributed by atoms with Gasteiger partial charge in [0.15, 0.2) is 11.5 Å². The number of rotatable bonds is 8. The zero-order valence-electron chi connectivity index (χ0n) is 14.4. The van der Waals surface area contributed by atoms with Crippen LogP contribution in [0.25, 0.3) is 0 Å². The summed E-state index contributed by atoms with van der Waals surface area (Å²) in [5.74, 6) is 1.64. The molecule has 0 saturated carbocycles. The van der Waals surface area contributed by atoms with Crippen molar-refractivity contribution >= 4 is 29.1 Å². The number of ether oxygens (including phenoxy) is 3. The van der Waals surface area contributed by atoms with E-state index in [-0.39, 0.29) is 32.3 Å². The summed E-state index contributed by atoms with van der Waals surface area (Å²) in [7, 11) is 0. The molecule has 0 radical (unpaired) electrons. The van der Waals surface area contributed by atoms with E-state index in [1.165, 1.54) is 0 Å². The maximum atomic E-state index is 11.9. The first-order valence-corrected chi connectivity index (χ1v) is 9.18. The molecule has 1 heterocycles. The third-order valence-corrected chi connectivity index (χ3v) is 4.83. The Morgan fingerprint density at radius 2 is 2.04 bits per heavy atom. The van der Waals surface area contributed by atoms with Crippen LogP contribution in [-0.4, -0.2) is 37.1 Å². The summed E-state index contributed by atoms with van der Waals surface area (Å²) in [5.41, 5.74) is 0.811. The Balaban J connectivity index is 1.37. The molecule has 1 aliphatic heterocycles. The lowest BCUT2D eigenvalue weighted by molar-refractivity contribution is -0.121. The molecule has 8 heteroatoms. The highest BCUT2D eigenvalue weighted by molar-refractivity contribution is 6.42. The fraction of sp³-hybridized carbons (Fsp3) is 0.316. The molecule has 1 aliphatic rings. The molecule has 0 aliphatic carbocycles. The van der Waals surface area contributed by atoms with Gasteiger partial charge in [0.2, 0.25) is 12.7 Å². The molecule has 1 amide bonds. The van der Waals surface area contributed by atoms with Gasteiger partial charge in [0, 0.05) is 19.0 Å². The fourth-order valence-electron chi connectivity index (χ4n) is 2.53. The second-order valence-corrected chi connectivity index (χ2v) is 6.78. The highest BCUT2D eigenvalue weighted by Crippen LogP contribution is 2.35. The molecular weight excluding hydrogens is 393 g/mol. The molecule has 0 saturated heterocycles. The summed E-state index contributed by atoms with van der Waals surface area (Å²) in [5, 5.41) is 13.6. The zero-order valence-corrected chi connectivity index (χ0v) is 15.9. The number of carbonyl (C=O) groups is 1. The van der Waals surface area contributed by atoms with Gasteiger partial charge in [0.1, 0.15) is 18.5 Å². The van der Waals surface area contributed by atoms with Gasteiger partial charge in [-0.05, 0) is 30.2 Å². The lowest BCUT2D eigenvalue weighted by Crippen LogP contribution is -2.35. The molecule has 0 bridgehead atoms. The smallest absolute Gasteiger partial charge is 0.231 e. The molecule has 1 unspecified atom stereocenters. The van der Waals surface area contributed by atoms with Crippen LogP contribution in [0.15, 0.2) is 36.4 Å². The van der Waals surface area contributed by atoms with Crippen LogP contribution in [-0.2, 0) is 11.2 Å². The van der Waals surface area contributed by atoms with Crippen molar-refractivity contribution < 1.29 is 24.1 Å². The molecule has 0 spiro atoms. The molecule has 2 N–H and O–H groups in total. The second-order valence-electron chi connectivity index (χ2n) is 6.00. The molecule has 27 heavy (non-hydrogen) atoms. The first kappa shape index (κ1) is 19.6. The molecule has 3 rings (SSSR count). The number of nitrogens with one attached hydrogen (secondary N) is 1. The van der Waals surface area contributed by atoms with Gasteiger partial charge in [-0.25, -0.2) is 0 Å². The van der Waals surface area contributed by atoms with E-state index in [9.17, 15) is 9.90 Å². The highest BCUT2D eigenvalue weighted by atomic mass is 35.5. The number of aryl methyl sites for hydroxylation is 1. The van der Waals surface area contributed by atoms with Crippen LogP contribution in [0.2, 0.25) is 10.0 Å². The van der Waals surface area contributed by atoms with Crippen LogP contribution < -0.4 is 19.5 Å². The Kier molecular flexibility index (Phi) is 6.66. The van der Waals surface area contributed by atoms with Crippen molar-refractivity contribution in [1.29, 1.82) is 0 Å². The van der Waals surface area contributed by atoms with Crippen LogP contribution in [0, 0.1) is 0 Å². The molecule has 6 nitrogen and oxygen atoms in total. The minimum absolute atomic E-state index is 0.0417. The van der Waals surface area contributed by atoms with Crippen LogP contribution >= 0.6 is 23.2 Å². The topological polar surface area (TPSA) is 77.0 Å². The fourth-order valence-corrected chi connectivity index (χ4v) is 2.94. The number of amides is 1. The number of hydrogen-bond donors (Lipinski definition) is 2. The summed E-state index contributed by atoms with van der Waals surface area (Å²) >= 11 is 12.1. The maximum absolute atomic E-state index is 11.9. The number of carbonyl (C=O) groups excluding carboxylic acids is 1. The average Bonchev–Trinajstić information content (AvgIpc) is 3.13. The lowest BCUT2D eigenvalue weighted by atomic mass is 10.1. The van der Waals surface area contributed by atoms with Crippen molar-refractivity contribution in [3.05, 3.63) is 52.0 Å². The quantitative estimate of drug-likeness (QED) is 0.697. The molecule has 0 aromatic heterocycles. The van der Waals surface area contributed by atoms with Crippen LogP contribution in [0.1, 0.15) is 12.0 Å². The highest BCUT2D eigenvalue weighted by Gasteiger charge is 2.15. The summed E-state index contributed by atoms with van der Waals surface area (Å²) < 4.78 is 16.0. The van der Waals surface area contributed by atoms with E-state index in [0.717, 1.165) is 5.56 Å². The first-order chi connectivity index (χ1) is 13.0. The number of benzene rings is 2. The minimum atomic E-state index is -0.839. The standard InChI is InChI=1S/C19H19Cl2NO5/c20-15-3-1-2-12(19(15)21)4-7-18(24)22-9-13(23)10-25-14-5-6-16-17(8-14)27-11-26-16/h1-3,5-6,8,13,23H,4,7,9-11H2,(H,22,24). The van der Waals surface area contributed by atoms with Crippen LogP contribution in [0.3, 0.4) is 0 Å². The van der Waals surface area contributed by atoms with E-state index >= 15 is 0 Å². The van der Waals surface area contributed by atoms with Crippen LogP contribution in [0.4, 0.5) is 0 Å². The van der Waals surface area contributed by atoms with Crippen molar-refractivity contribution in [3.63, 3.8) is 0 Å². The van der Waals surface area contributed by atoms with Crippen molar-refractivity contribution in [1.82, 2.24) is 5.32 Å². The Bertz CT molecular complexity index is 815. The Hall–Kier alpha value is -2.15. The first-order valence-electron chi connectivity index (χ1n) is 8.43. The van der Waals surface area contributed by atoms with Crippen molar-refractivity contribution in [3.8, 4) is 17.2 Å². The second kappa shape index (κ2) is 9.17. The monoisotopic (exact) mass is 411 g/mol. The number of halogens is 2. The SMILES string of the molecule is O=C(CCc1cccc(Cl)c1Cl)NCC(O)COc1ccc2c(c1)OCO2. The Morgan fingerprint density at radius 3 is 2.89 bits per heavy atom. The molecule has 1 atom stereocenters. The molecule has 0 fully saturated rings. The van der Waals surface area contributed by atoms with E-state index in [1.807, 2.05) is 6.07 Å². The van der Waals surface area contributed by atoms with E-state index in [0.29, 0.717) is 33.7 Å². The number of fused-ring (bicyclic) bond motifs is 1. The number of aliphatic hydroxyl groups excluding tert-OH is 1. The Morgan fingerprint density at radius 1 is 1.22 bits per heavy atom. The van der Waals surface area contributed by atoms with Gasteiger partial charge in [-0.15, -0.1) is 0 Å². The van der Waals surface area contributed by atoms with E-state index < -0.39 is 6.10 Å². The summed E-state index contributed by atoms with van der Waals surface area (Å²) in [6.07, 6.45) is -0.126. The molecule has 2 aromatic rings. The third-order valence-electron chi connectivity index (χ3n) is 3.97. The normalized spacial score (nSPS) is 13.3. The van der Waals surface area contributed by atoms with Gasteiger partial charge >= 0.3 is 0 Å². The lowest BCUT2D eigenvalue weighted by Gasteiger charge is -2.14. The van der Waals surface area contributed by atoms with Gasteiger partial charge in [-0.1, -0.05) is 35.3 Å². The zero-order chi connectivity index (χ0) is 19.2. The van der Waals surface area contributed by atoms with E-state index in [1.54, 1.807) is 30.3 Å². The van der Waals surface area contributed by atoms with Gasteiger partial charge in [-0.3, -0.25) is 4.79 Å². The molecule has 144 valence electrons. The maximum Gasteiger partial charge on any atom is 0.231 e. The predicted molar refractivity (Wildman–Crippen MR) is 102 cm³/mol. The van der Waals surface area contributed by atoms with Crippen molar-refractivity contribution in [2.45, 2.75) is 18.9 Å². The van der Waals surface area contributed by atoms with E-state index in [2.05, 4.69) is 5.32 Å². The average molecular weight is 412 g/mol. The third kappa shape index (κ3) is 5.42. The van der Waals surface area contributed by atoms with Crippen molar-refractivity contribution in [2.24, 2.45) is 0 Å². The van der Waals surface area contributed by atoms with Gasteiger partial charge in [0.25, 0.3) is 0 Å². The summed E-state index contributed by atoms with van der Waals surface area (Å²) in [6, 6.07) is 10.5. The number of hydrogen-bond acceptors (Lipinski definition) is 5. The van der Waals surface area contributed by atoms with E-state index in [4.69, 9.17) is 37.4 Å².